The van der Waals surface area contributed by atoms with Gasteiger partial charge in [-0.1, -0.05) is 6.07 Å². The Morgan fingerprint density at radius 1 is 1.04 bits per heavy atom. The topological polar surface area (TPSA) is 70.2 Å². The van der Waals surface area contributed by atoms with Gasteiger partial charge in [0.2, 0.25) is 5.91 Å². The number of hydrogen-bond donors (Lipinski definition) is 3. The largest absolute Gasteiger partial charge is 0.376 e. The first-order chi connectivity index (χ1) is 11.1. The van der Waals surface area contributed by atoms with Crippen molar-refractivity contribution in [3.8, 4) is 0 Å². The number of anilines is 2. The Morgan fingerprint density at radius 2 is 1.78 bits per heavy atom. The molecule has 0 aromatic heterocycles. The van der Waals surface area contributed by atoms with Crippen LogP contribution in [0.4, 0.5) is 15.8 Å². The number of carbonyl (C=O) groups is 2. The lowest BCUT2D eigenvalue weighted by Crippen LogP contribution is -2.23. The van der Waals surface area contributed by atoms with E-state index in [-0.39, 0.29) is 24.2 Å². The second-order valence-electron chi connectivity index (χ2n) is 4.85. The van der Waals surface area contributed by atoms with Crippen LogP contribution in [0.1, 0.15) is 17.3 Å². The highest BCUT2D eigenvalue weighted by atomic mass is 19.1. The van der Waals surface area contributed by atoms with Gasteiger partial charge in [-0.25, -0.2) is 4.39 Å². The number of nitrogens with one attached hydrogen (secondary N) is 3. The van der Waals surface area contributed by atoms with Gasteiger partial charge in [0.05, 0.1) is 6.54 Å². The normalized spacial score (nSPS) is 10.0. The maximum absolute atomic E-state index is 12.8. The Labute approximate surface area is 133 Å². The fourth-order valence-electron chi connectivity index (χ4n) is 1.95. The van der Waals surface area contributed by atoms with Gasteiger partial charge >= 0.3 is 0 Å². The highest BCUT2D eigenvalue weighted by Crippen LogP contribution is 2.11. The Morgan fingerprint density at radius 3 is 2.48 bits per heavy atom. The zero-order valence-corrected chi connectivity index (χ0v) is 12.7. The van der Waals surface area contributed by atoms with Crippen LogP contribution < -0.4 is 16.0 Å². The Kier molecular flexibility index (Phi) is 5.68. The zero-order chi connectivity index (χ0) is 16.7. The first-order valence-electron chi connectivity index (χ1n) is 7.26. The third-order valence-corrected chi connectivity index (χ3v) is 3.04. The molecule has 0 unspecified atom stereocenters. The van der Waals surface area contributed by atoms with Crippen LogP contribution in [0, 0.1) is 5.82 Å². The quantitative estimate of drug-likeness (QED) is 0.767. The van der Waals surface area contributed by atoms with Crippen LogP contribution in [0.15, 0.2) is 48.5 Å². The summed E-state index contributed by atoms with van der Waals surface area (Å²) in [6, 6.07) is 12.4. The Hall–Kier alpha value is -2.89. The van der Waals surface area contributed by atoms with Gasteiger partial charge in [-0.05, 0) is 49.4 Å². The number of benzene rings is 2. The van der Waals surface area contributed by atoms with E-state index in [0.717, 1.165) is 0 Å². The molecule has 6 heteroatoms. The molecule has 0 fully saturated rings. The highest BCUT2D eigenvalue weighted by Gasteiger charge is 2.06. The zero-order valence-electron chi connectivity index (χ0n) is 12.7. The molecular formula is C17H18FN3O2. The van der Waals surface area contributed by atoms with Gasteiger partial charge in [0.25, 0.3) is 5.91 Å². The molecule has 5 nitrogen and oxygen atoms in total. The molecule has 0 aliphatic carbocycles. The van der Waals surface area contributed by atoms with E-state index in [1.807, 2.05) is 6.92 Å². The summed E-state index contributed by atoms with van der Waals surface area (Å²) in [6.07, 6.45) is 0. The maximum atomic E-state index is 12.8. The SMILES string of the molecule is CCNC(=O)c1cccc(NCC(=O)Nc2ccc(F)cc2)c1. The van der Waals surface area contributed by atoms with Crippen LogP contribution in [0.3, 0.4) is 0 Å². The third kappa shape index (κ3) is 5.10. The van der Waals surface area contributed by atoms with Gasteiger partial charge < -0.3 is 16.0 Å². The van der Waals surface area contributed by atoms with E-state index < -0.39 is 0 Å². The summed E-state index contributed by atoms with van der Waals surface area (Å²) in [6.45, 7) is 2.44. The van der Waals surface area contributed by atoms with Crippen LogP contribution in [0.5, 0.6) is 0 Å². The molecule has 2 rings (SSSR count). The Balaban J connectivity index is 1.90. The second kappa shape index (κ2) is 7.93. The molecule has 0 bridgehead atoms. The molecule has 3 N–H and O–H groups in total. The van der Waals surface area contributed by atoms with Crippen molar-refractivity contribution < 1.29 is 14.0 Å². The van der Waals surface area contributed by atoms with Gasteiger partial charge in [0, 0.05) is 23.5 Å². The molecular weight excluding hydrogens is 297 g/mol. The first-order valence-corrected chi connectivity index (χ1v) is 7.26. The van der Waals surface area contributed by atoms with Crippen molar-refractivity contribution in [2.75, 3.05) is 23.7 Å². The van der Waals surface area contributed by atoms with E-state index in [1.54, 1.807) is 24.3 Å². The molecule has 0 aliphatic heterocycles. The summed E-state index contributed by atoms with van der Waals surface area (Å²) in [4.78, 5) is 23.6. The van der Waals surface area contributed by atoms with Gasteiger partial charge in [-0.3, -0.25) is 9.59 Å². The van der Waals surface area contributed by atoms with Gasteiger partial charge in [-0.2, -0.15) is 0 Å². The summed E-state index contributed by atoms with van der Waals surface area (Å²) in [7, 11) is 0. The molecule has 0 radical (unpaired) electrons. The smallest absolute Gasteiger partial charge is 0.251 e. The van der Waals surface area contributed by atoms with Crippen molar-refractivity contribution in [2.24, 2.45) is 0 Å². The fraction of sp³-hybridized carbons (Fsp3) is 0.176. The lowest BCUT2D eigenvalue weighted by molar-refractivity contribution is -0.114. The van der Waals surface area contributed by atoms with E-state index in [9.17, 15) is 14.0 Å². The van der Waals surface area contributed by atoms with Gasteiger partial charge in [0.15, 0.2) is 0 Å². The van der Waals surface area contributed by atoms with Gasteiger partial charge in [-0.15, -0.1) is 0 Å². The summed E-state index contributed by atoms with van der Waals surface area (Å²) >= 11 is 0. The number of halogens is 1. The van der Waals surface area contributed by atoms with Crippen LogP contribution in [0.25, 0.3) is 0 Å². The van der Waals surface area contributed by atoms with E-state index in [2.05, 4.69) is 16.0 Å². The summed E-state index contributed by atoms with van der Waals surface area (Å²) < 4.78 is 12.8. The summed E-state index contributed by atoms with van der Waals surface area (Å²) in [5.41, 5.74) is 1.72. The van der Waals surface area contributed by atoms with Crippen molar-refractivity contribution in [3.05, 3.63) is 59.9 Å². The van der Waals surface area contributed by atoms with Crippen molar-refractivity contribution >= 4 is 23.2 Å². The monoisotopic (exact) mass is 315 g/mol. The minimum Gasteiger partial charge on any atom is -0.376 e. The van der Waals surface area contributed by atoms with Gasteiger partial charge in [0.1, 0.15) is 5.82 Å². The second-order valence-corrected chi connectivity index (χ2v) is 4.85. The molecule has 0 saturated carbocycles. The van der Waals surface area contributed by atoms with E-state index >= 15 is 0 Å². The number of amides is 2. The molecule has 23 heavy (non-hydrogen) atoms. The number of hydrogen-bond acceptors (Lipinski definition) is 3. The first kappa shape index (κ1) is 16.5. The average Bonchev–Trinajstić information content (AvgIpc) is 2.56. The van der Waals surface area contributed by atoms with Crippen LogP contribution in [-0.2, 0) is 4.79 Å². The molecule has 0 saturated heterocycles. The van der Waals surface area contributed by atoms with Crippen molar-refractivity contribution in [1.29, 1.82) is 0 Å². The lowest BCUT2D eigenvalue weighted by Gasteiger charge is -2.09. The van der Waals surface area contributed by atoms with E-state index in [4.69, 9.17) is 0 Å². The van der Waals surface area contributed by atoms with Crippen LogP contribution in [-0.4, -0.2) is 24.9 Å². The molecule has 2 amide bonds. The lowest BCUT2D eigenvalue weighted by atomic mass is 10.2. The minimum atomic E-state index is -0.358. The van der Waals surface area contributed by atoms with Crippen molar-refractivity contribution in [2.45, 2.75) is 6.92 Å². The average molecular weight is 315 g/mol. The molecule has 2 aromatic rings. The molecule has 0 aliphatic rings. The summed E-state index contributed by atoms with van der Waals surface area (Å²) in [5, 5.41) is 8.31. The minimum absolute atomic E-state index is 0.0379. The molecule has 0 atom stereocenters. The number of rotatable bonds is 6. The molecule has 120 valence electrons. The van der Waals surface area contributed by atoms with E-state index in [0.29, 0.717) is 23.5 Å². The maximum Gasteiger partial charge on any atom is 0.251 e. The van der Waals surface area contributed by atoms with Crippen LogP contribution >= 0.6 is 0 Å². The molecule has 0 heterocycles. The molecule has 2 aromatic carbocycles. The van der Waals surface area contributed by atoms with E-state index in [1.165, 1.54) is 24.3 Å². The fourth-order valence-corrected chi connectivity index (χ4v) is 1.95. The Bertz CT molecular complexity index is 686. The standard InChI is InChI=1S/C17H18FN3O2/c1-2-19-17(23)12-4-3-5-15(10-12)20-11-16(22)21-14-8-6-13(18)7-9-14/h3-10,20H,2,11H2,1H3,(H,19,23)(H,21,22). The third-order valence-electron chi connectivity index (χ3n) is 3.04. The predicted octanol–water partition coefficient (Wildman–Crippen LogP) is 2.63. The predicted molar refractivity (Wildman–Crippen MR) is 88.0 cm³/mol. The number of carbonyl (C=O) groups excluding carboxylic acids is 2. The highest BCUT2D eigenvalue weighted by molar-refractivity contribution is 5.96. The van der Waals surface area contributed by atoms with Crippen molar-refractivity contribution in [1.82, 2.24) is 5.32 Å². The van der Waals surface area contributed by atoms with Crippen LogP contribution in [0.2, 0.25) is 0 Å². The van der Waals surface area contributed by atoms with Crippen molar-refractivity contribution in [3.63, 3.8) is 0 Å². The summed E-state index contributed by atoms with van der Waals surface area (Å²) in [5.74, 6) is -0.782. The molecule has 0 spiro atoms.